The topological polar surface area (TPSA) is 73.0 Å². The van der Waals surface area contributed by atoms with E-state index in [-0.39, 0.29) is 12.3 Å². The largest absolute Gasteiger partial charge is 0.441 e. The first-order valence-corrected chi connectivity index (χ1v) is 10.0. The summed E-state index contributed by atoms with van der Waals surface area (Å²) >= 11 is 12.3. The highest BCUT2D eigenvalue weighted by molar-refractivity contribution is 6.42. The van der Waals surface area contributed by atoms with Gasteiger partial charge in [-0.2, -0.15) is 5.10 Å². The zero-order valence-electron chi connectivity index (χ0n) is 16.1. The summed E-state index contributed by atoms with van der Waals surface area (Å²) in [4.78, 5) is 17.1. The van der Waals surface area contributed by atoms with E-state index in [1.807, 2.05) is 42.5 Å². The van der Waals surface area contributed by atoms with Gasteiger partial charge in [0.15, 0.2) is 0 Å². The molecular weight excluding hydrogens is 423 g/mol. The predicted molar refractivity (Wildman–Crippen MR) is 117 cm³/mol. The van der Waals surface area contributed by atoms with Gasteiger partial charge < -0.3 is 9.73 Å². The van der Waals surface area contributed by atoms with E-state index in [0.29, 0.717) is 39.8 Å². The number of oxazole rings is 1. The second-order valence-electron chi connectivity index (χ2n) is 6.70. The second-order valence-corrected chi connectivity index (χ2v) is 7.49. The average molecular weight is 441 g/mol. The lowest BCUT2D eigenvalue weighted by molar-refractivity contribution is -0.115. The SMILES string of the molecule is Cc1oc(-c2ccccc2)nc1CC(=O)Nc1ccnn1Cc1cccc(Cl)c1Cl. The molecule has 2 aromatic carbocycles. The number of hydrogen-bond donors (Lipinski definition) is 1. The van der Waals surface area contributed by atoms with E-state index in [2.05, 4.69) is 15.4 Å². The number of halogens is 2. The van der Waals surface area contributed by atoms with Gasteiger partial charge in [0.05, 0.1) is 34.9 Å². The molecule has 0 aliphatic carbocycles. The van der Waals surface area contributed by atoms with Crippen LogP contribution in [0.15, 0.2) is 65.2 Å². The van der Waals surface area contributed by atoms with Crippen molar-refractivity contribution in [3.63, 3.8) is 0 Å². The van der Waals surface area contributed by atoms with Crippen molar-refractivity contribution in [2.24, 2.45) is 0 Å². The molecule has 1 N–H and O–H groups in total. The van der Waals surface area contributed by atoms with Crippen molar-refractivity contribution in [1.29, 1.82) is 0 Å². The van der Waals surface area contributed by atoms with Crippen LogP contribution in [0.4, 0.5) is 5.82 Å². The summed E-state index contributed by atoms with van der Waals surface area (Å²) < 4.78 is 7.38. The third-order valence-electron chi connectivity index (χ3n) is 4.58. The van der Waals surface area contributed by atoms with Crippen LogP contribution >= 0.6 is 23.2 Å². The number of anilines is 1. The molecule has 2 heterocycles. The molecule has 2 aromatic heterocycles. The fourth-order valence-electron chi connectivity index (χ4n) is 3.03. The van der Waals surface area contributed by atoms with Crippen LogP contribution < -0.4 is 5.32 Å². The maximum absolute atomic E-state index is 12.6. The van der Waals surface area contributed by atoms with Gasteiger partial charge in [0, 0.05) is 11.6 Å². The number of benzene rings is 2. The Kier molecular flexibility index (Phi) is 5.88. The number of nitrogens with one attached hydrogen (secondary N) is 1. The number of hydrogen-bond acceptors (Lipinski definition) is 4. The molecular formula is C22H18Cl2N4O2. The van der Waals surface area contributed by atoms with Crippen LogP contribution in [0.5, 0.6) is 0 Å². The molecule has 0 radical (unpaired) electrons. The standard InChI is InChI=1S/C22H18Cl2N4O2/c1-14-18(26-22(30-14)15-6-3-2-4-7-15)12-20(29)27-19-10-11-25-28(19)13-16-8-5-9-17(23)21(16)24/h2-11H,12-13H2,1H3,(H,27,29). The van der Waals surface area contributed by atoms with Gasteiger partial charge in [-0.15, -0.1) is 0 Å². The van der Waals surface area contributed by atoms with Gasteiger partial charge in [-0.1, -0.05) is 53.5 Å². The van der Waals surface area contributed by atoms with Crippen molar-refractivity contribution >= 4 is 34.9 Å². The summed E-state index contributed by atoms with van der Waals surface area (Å²) in [6.07, 6.45) is 1.70. The Balaban J connectivity index is 1.46. The van der Waals surface area contributed by atoms with E-state index in [0.717, 1.165) is 11.1 Å². The Morgan fingerprint density at radius 2 is 1.90 bits per heavy atom. The summed E-state index contributed by atoms with van der Waals surface area (Å²) in [5.41, 5.74) is 2.27. The number of aryl methyl sites for hydroxylation is 1. The lowest BCUT2D eigenvalue weighted by Gasteiger charge is -2.10. The zero-order chi connectivity index (χ0) is 21.1. The van der Waals surface area contributed by atoms with E-state index < -0.39 is 0 Å². The first-order chi connectivity index (χ1) is 14.5. The normalized spacial score (nSPS) is 10.9. The third kappa shape index (κ3) is 4.40. The van der Waals surface area contributed by atoms with E-state index in [1.165, 1.54) is 0 Å². The third-order valence-corrected chi connectivity index (χ3v) is 5.44. The quantitative estimate of drug-likeness (QED) is 0.436. The van der Waals surface area contributed by atoms with Gasteiger partial charge in [0.2, 0.25) is 11.8 Å². The maximum atomic E-state index is 12.6. The summed E-state index contributed by atoms with van der Waals surface area (Å²) in [5, 5.41) is 8.09. The summed E-state index contributed by atoms with van der Waals surface area (Å²) in [6, 6.07) is 16.7. The molecule has 1 amide bonds. The van der Waals surface area contributed by atoms with Crippen LogP contribution in [0.1, 0.15) is 17.0 Å². The molecule has 8 heteroatoms. The van der Waals surface area contributed by atoms with Gasteiger partial charge in [0.1, 0.15) is 11.6 Å². The molecule has 30 heavy (non-hydrogen) atoms. The molecule has 0 saturated carbocycles. The first-order valence-electron chi connectivity index (χ1n) is 9.27. The van der Waals surface area contributed by atoms with Crippen LogP contribution in [-0.4, -0.2) is 20.7 Å². The Labute approximate surface area is 183 Å². The highest BCUT2D eigenvalue weighted by Crippen LogP contribution is 2.27. The molecule has 4 aromatic rings. The van der Waals surface area contributed by atoms with Gasteiger partial charge in [0.25, 0.3) is 0 Å². The first kappa shape index (κ1) is 20.2. The summed E-state index contributed by atoms with van der Waals surface area (Å²) in [6.45, 7) is 2.18. The summed E-state index contributed by atoms with van der Waals surface area (Å²) in [7, 11) is 0. The molecule has 0 unspecified atom stereocenters. The minimum atomic E-state index is -0.218. The zero-order valence-corrected chi connectivity index (χ0v) is 17.6. The van der Waals surface area contributed by atoms with Crippen molar-refractivity contribution in [2.45, 2.75) is 19.9 Å². The van der Waals surface area contributed by atoms with Crippen LogP contribution in [0.25, 0.3) is 11.5 Å². The molecule has 0 saturated heterocycles. The number of rotatable bonds is 6. The molecule has 0 spiro atoms. The molecule has 0 aliphatic rings. The molecule has 152 valence electrons. The molecule has 6 nitrogen and oxygen atoms in total. The van der Waals surface area contributed by atoms with Gasteiger partial charge in [-0.25, -0.2) is 9.67 Å². The van der Waals surface area contributed by atoms with Gasteiger partial charge >= 0.3 is 0 Å². The van der Waals surface area contributed by atoms with Gasteiger partial charge in [-0.05, 0) is 30.7 Å². The smallest absolute Gasteiger partial charge is 0.231 e. The van der Waals surface area contributed by atoms with Crippen molar-refractivity contribution in [3.05, 3.63) is 87.9 Å². The average Bonchev–Trinajstić information content (AvgIpc) is 3.32. The maximum Gasteiger partial charge on any atom is 0.231 e. The second kappa shape index (κ2) is 8.73. The molecule has 4 rings (SSSR count). The van der Waals surface area contributed by atoms with E-state index in [1.54, 1.807) is 29.9 Å². The number of aromatic nitrogens is 3. The van der Waals surface area contributed by atoms with Crippen LogP contribution in [0, 0.1) is 6.92 Å². The fraction of sp³-hybridized carbons (Fsp3) is 0.136. The Bertz CT molecular complexity index is 1190. The van der Waals surface area contributed by atoms with Crippen LogP contribution in [0.2, 0.25) is 10.0 Å². The van der Waals surface area contributed by atoms with Crippen LogP contribution in [0.3, 0.4) is 0 Å². The van der Waals surface area contributed by atoms with Crippen molar-refractivity contribution in [1.82, 2.24) is 14.8 Å². The molecule has 0 aliphatic heterocycles. The van der Waals surface area contributed by atoms with E-state index in [4.69, 9.17) is 27.6 Å². The van der Waals surface area contributed by atoms with Crippen molar-refractivity contribution < 1.29 is 9.21 Å². The minimum absolute atomic E-state index is 0.0886. The number of carbonyl (C=O) groups is 1. The minimum Gasteiger partial charge on any atom is -0.441 e. The fourth-order valence-corrected chi connectivity index (χ4v) is 3.41. The lowest BCUT2D eigenvalue weighted by Crippen LogP contribution is -2.18. The van der Waals surface area contributed by atoms with E-state index >= 15 is 0 Å². The van der Waals surface area contributed by atoms with Crippen molar-refractivity contribution in [3.8, 4) is 11.5 Å². The van der Waals surface area contributed by atoms with Crippen LogP contribution in [-0.2, 0) is 17.8 Å². The number of nitrogens with zero attached hydrogens (tertiary/aromatic N) is 3. The van der Waals surface area contributed by atoms with Gasteiger partial charge in [-0.3, -0.25) is 4.79 Å². The van der Waals surface area contributed by atoms with E-state index in [9.17, 15) is 4.79 Å². The Morgan fingerprint density at radius 1 is 1.10 bits per heavy atom. The van der Waals surface area contributed by atoms with Crippen molar-refractivity contribution in [2.75, 3.05) is 5.32 Å². The highest BCUT2D eigenvalue weighted by Gasteiger charge is 2.16. The molecule has 0 bridgehead atoms. The lowest BCUT2D eigenvalue weighted by atomic mass is 10.2. The molecule has 0 atom stereocenters. The molecule has 0 fully saturated rings. The summed E-state index contributed by atoms with van der Waals surface area (Å²) in [5.74, 6) is 1.45. The Morgan fingerprint density at radius 3 is 2.70 bits per heavy atom. The number of amides is 1. The monoisotopic (exact) mass is 440 g/mol. The highest BCUT2D eigenvalue weighted by atomic mass is 35.5. The predicted octanol–water partition coefficient (Wildman–Crippen LogP) is 5.38. The number of carbonyl (C=O) groups excluding carboxylic acids is 1. The Hall–Kier alpha value is -3.09.